The number of ether oxygens (including phenoxy) is 1. The highest BCUT2D eigenvalue weighted by molar-refractivity contribution is 7.86. The molecule has 0 aliphatic carbocycles. The smallest absolute Gasteiger partial charge is 0.282 e. The van der Waals surface area contributed by atoms with Gasteiger partial charge in [-0.1, -0.05) is 12.1 Å². The molecule has 0 radical (unpaired) electrons. The van der Waals surface area contributed by atoms with Crippen molar-refractivity contribution >= 4 is 31.8 Å². The molecule has 0 saturated carbocycles. The van der Waals surface area contributed by atoms with Crippen molar-refractivity contribution in [1.82, 2.24) is 13.6 Å². The summed E-state index contributed by atoms with van der Waals surface area (Å²) in [7, 11) is -3.35. The van der Waals surface area contributed by atoms with Gasteiger partial charge < -0.3 is 4.74 Å². The van der Waals surface area contributed by atoms with Gasteiger partial charge in [0.25, 0.3) is 10.2 Å². The minimum absolute atomic E-state index is 0.360. The van der Waals surface area contributed by atoms with E-state index in [-0.39, 0.29) is 0 Å². The lowest BCUT2D eigenvalue weighted by molar-refractivity contribution is 0.0696. The third-order valence-electron chi connectivity index (χ3n) is 4.74. The van der Waals surface area contributed by atoms with Crippen molar-refractivity contribution < 1.29 is 13.2 Å². The molecule has 2 aliphatic rings. The molecule has 3 heterocycles. The van der Waals surface area contributed by atoms with Crippen molar-refractivity contribution in [2.24, 2.45) is 0 Å². The van der Waals surface area contributed by atoms with E-state index in [2.05, 4.69) is 6.07 Å². The van der Waals surface area contributed by atoms with Crippen LogP contribution in [-0.2, 0) is 14.9 Å². The van der Waals surface area contributed by atoms with Crippen LogP contribution >= 0.6 is 11.3 Å². The van der Waals surface area contributed by atoms with E-state index in [1.165, 1.54) is 4.70 Å². The maximum atomic E-state index is 12.7. The maximum Gasteiger partial charge on any atom is 0.282 e. The van der Waals surface area contributed by atoms with E-state index in [0.29, 0.717) is 45.3 Å². The van der Waals surface area contributed by atoms with Gasteiger partial charge in [-0.2, -0.15) is 17.0 Å². The molecule has 0 atom stereocenters. The van der Waals surface area contributed by atoms with Gasteiger partial charge in [-0.25, -0.2) is 4.98 Å². The molecule has 0 bridgehead atoms. The van der Waals surface area contributed by atoms with Crippen LogP contribution in [0.25, 0.3) is 10.2 Å². The van der Waals surface area contributed by atoms with E-state index in [9.17, 15) is 8.42 Å². The Kier molecular flexibility index (Phi) is 4.57. The van der Waals surface area contributed by atoms with E-state index in [0.717, 1.165) is 23.4 Å². The average Bonchev–Trinajstić information content (AvgIpc) is 3.07. The first-order valence-electron chi connectivity index (χ1n) is 8.33. The zero-order chi connectivity index (χ0) is 16.6. The first-order chi connectivity index (χ1) is 11.6. The number of piperidine rings is 1. The Bertz CT molecular complexity index is 774. The Morgan fingerprint density at radius 2 is 1.71 bits per heavy atom. The molecule has 2 aromatic rings. The molecule has 2 saturated heterocycles. The van der Waals surface area contributed by atoms with Crippen LogP contribution in [0.5, 0.6) is 0 Å². The number of thiazole rings is 1. The summed E-state index contributed by atoms with van der Waals surface area (Å²) in [5, 5.41) is 1.14. The molecule has 1 aromatic heterocycles. The molecular weight excluding hydrogens is 346 g/mol. The van der Waals surface area contributed by atoms with Gasteiger partial charge in [0.1, 0.15) is 0 Å². The number of nitrogens with zero attached hydrogens (tertiary/aromatic N) is 3. The molecule has 0 spiro atoms. The standard InChI is InChI=1S/C16H21N3O3S2/c20-24(21,19-9-11-22-12-10-19)18-7-5-13(6-8-18)16-17-14-3-1-2-4-15(14)23-16/h1-4,13H,5-12H2. The lowest BCUT2D eigenvalue weighted by Gasteiger charge is -2.35. The van der Waals surface area contributed by atoms with Gasteiger partial charge in [-0.15, -0.1) is 11.3 Å². The molecule has 0 unspecified atom stereocenters. The Morgan fingerprint density at radius 1 is 1.04 bits per heavy atom. The van der Waals surface area contributed by atoms with Crippen LogP contribution in [0.4, 0.5) is 0 Å². The van der Waals surface area contributed by atoms with E-state index in [1.807, 2.05) is 18.2 Å². The summed E-state index contributed by atoms with van der Waals surface area (Å²) in [6, 6.07) is 8.16. The Hall–Kier alpha value is -1.06. The summed E-state index contributed by atoms with van der Waals surface area (Å²) in [6.07, 6.45) is 1.67. The third kappa shape index (κ3) is 3.09. The van der Waals surface area contributed by atoms with Crippen molar-refractivity contribution in [1.29, 1.82) is 0 Å². The number of fused-ring (bicyclic) bond motifs is 1. The third-order valence-corrected chi connectivity index (χ3v) is 7.97. The van der Waals surface area contributed by atoms with Gasteiger partial charge in [-0.05, 0) is 25.0 Å². The van der Waals surface area contributed by atoms with Gasteiger partial charge in [-0.3, -0.25) is 0 Å². The largest absolute Gasteiger partial charge is 0.379 e. The number of morpholine rings is 1. The van der Waals surface area contributed by atoms with Gasteiger partial charge in [0.2, 0.25) is 0 Å². The van der Waals surface area contributed by atoms with Crippen molar-refractivity contribution in [2.45, 2.75) is 18.8 Å². The molecule has 4 rings (SSSR count). The predicted octanol–water partition coefficient (Wildman–Crippen LogP) is 2.05. The Morgan fingerprint density at radius 3 is 2.42 bits per heavy atom. The molecule has 8 heteroatoms. The van der Waals surface area contributed by atoms with Crippen molar-refractivity contribution in [3.63, 3.8) is 0 Å². The van der Waals surface area contributed by atoms with Crippen LogP contribution in [0, 0.1) is 0 Å². The minimum atomic E-state index is -3.35. The summed E-state index contributed by atoms with van der Waals surface area (Å²) >= 11 is 1.73. The molecule has 6 nitrogen and oxygen atoms in total. The zero-order valence-electron chi connectivity index (χ0n) is 13.4. The van der Waals surface area contributed by atoms with Crippen molar-refractivity contribution in [3.8, 4) is 0 Å². The highest BCUT2D eigenvalue weighted by Crippen LogP contribution is 2.34. The number of hydrogen-bond donors (Lipinski definition) is 0. The fraction of sp³-hybridized carbons (Fsp3) is 0.562. The summed E-state index contributed by atoms with van der Waals surface area (Å²) in [5.41, 5.74) is 1.04. The molecule has 0 N–H and O–H groups in total. The molecular formula is C16H21N3O3S2. The summed E-state index contributed by atoms with van der Waals surface area (Å²) in [6.45, 7) is 3.03. The lowest BCUT2D eigenvalue weighted by Crippen LogP contribution is -2.50. The van der Waals surface area contributed by atoms with Gasteiger partial charge >= 0.3 is 0 Å². The minimum Gasteiger partial charge on any atom is -0.379 e. The summed E-state index contributed by atoms with van der Waals surface area (Å²) in [5.74, 6) is 0.360. The normalized spacial score (nSPS) is 22.2. The molecule has 24 heavy (non-hydrogen) atoms. The number of rotatable bonds is 3. The maximum absolute atomic E-state index is 12.7. The highest BCUT2D eigenvalue weighted by atomic mass is 32.2. The molecule has 2 fully saturated rings. The SMILES string of the molecule is O=S(=O)(N1CCOCC1)N1CCC(c2nc3ccccc3s2)CC1. The van der Waals surface area contributed by atoms with Crippen LogP contribution in [0.1, 0.15) is 23.8 Å². The lowest BCUT2D eigenvalue weighted by atomic mass is 9.99. The van der Waals surface area contributed by atoms with Crippen LogP contribution < -0.4 is 0 Å². The van der Waals surface area contributed by atoms with Gasteiger partial charge in [0.15, 0.2) is 0 Å². The van der Waals surface area contributed by atoms with Crippen molar-refractivity contribution in [2.75, 3.05) is 39.4 Å². The summed E-state index contributed by atoms with van der Waals surface area (Å²) in [4.78, 5) is 4.74. The Balaban J connectivity index is 1.44. The fourth-order valence-electron chi connectivity index (χ4n) is 3.34. The number of para-hydroxylation sites is 1. The zero-order valence-corrected chi connectivity index (χ0v) is 15.1. The number of benzene rings is 1. The van der Waals surface area contributed by atoms with E-state index in [4.69, 9.17) is 9.72 Å². The second-order valence-electron chi connectivity index (χ2n) is 6.21. The quantitative estimate of drug-likeness (QED) is 0.833. The topological polar surface area (TPSA) is 62.7 Å². The van der Waals surface area contributed by atoms with Gasteiger partial charge in [0.05, 0.1) is 28.4 Å². The molecule has 2 aliphatic heterocycles. The monoisotopic (exact) mass is 367 g/mol. The van der Waals surface area contributed by atoms with E-state index in [1.54, 1.807) is 19.9 Å². The van der Waals surface area contributed by atoms with Crippen LogP contribution in [0.2, 0.25) is 0 Å². The number of hydrogen-bond acceptors (Lipinski definition) is 5. The molecule has 1 aromatic carbocycles. The van der Waals surface area contributed by atoms with E-state index < -0.39 is 10.2 Å². The van der Waals surface area contributed by atoms with Crippen molar-refractivity contribution in [3.05, 3.63) is 29.3 Å². The second kappa shape index (κ2) is 6.68. The fourth-order valence-corrected chi connectivity index (χ4v) is 6.08. The number of aromatic nitrogens is 1. The predicted molar refractivity (Wildman–Crippen MR) is 94.5 cm³/mol. The summed E-state index contributed by atoms with van der Waals surface area (Å²) < 4.78 is 35.1. The molecule has 0 amide bonds. The van der Waals surface area contributed by atoms with Crippen LogP contribution in [-0.4, -0.2) is 61.4 Å². The van der Waals surface area contributed by atoms with Crippen LogP contribution in [0.3, 0.4) is 0 Å². The average molecular weight is 367 g/mol. The first-order valence-corrected chi connectivity index (χ1v) is 10.5. The first kappa shape index (κ1) is 16.4. The van der Waals surface area contributed by atoms with E-state index >= 15 is 0 Å². The van der Waals surface area contributed by atoms with Gasteiger partial charge in [0, 0.05) is 32.1 Å². The van der Waals surface area contributed by atoms with Crippen LogP contribution in [0.15, 0.2) is 24.3 Å². The second-order valence-corrected chi connectivity index (χ2v) is 9.20. The molecule has 130 valence electrons. The Labute approximate surface area is 146 Å². The highest BCUT2D eigenvalue weighted by Gasteiger charge is 2.34.